The summed E-state index contributed by atoms with van der Waals surface area (Å²) in [4.78, 5) is 10.6. The Balaban J connectivity index is 2.54. The SMILES string of the molecule is O=Cc1conc1-c1cccc(Br)c1. The van der Waals surface area contributed by atoms with Crippen molar-refractivity contribution in [3.8, 4) is 11.3 Å². The molecule has 0 amide bonds. The molecule has 0 aliphatic rings. The molecule has 0 saturated heterocycles. The summed E-state index contributed by atoms with van der Waals surface area (Å²) in [5.41, 5.74) is 1.89. The second-order valence-corrected chi connectivity index (χ2v) is 3.66. The average Bonchev–Trinajstić information content (AvgIpc) is 2.65. The predicted octanol–water partition coefficient (Wildman–Crippen LogP) is 2.92. The van der Waals surface area contributed by atoms with E-state index < -0.39 is 0 Å². The summed E-state index contributed by atoms with van der Waals surface area (Å²) in [7, 11) is 0. The van der Waals surface area contributed by atoms with E-state index in [2.05, 4.69) is 21.1 Å². The maximum atomic E-state index is 10.6. The molecule has 2 aromatic rings. The topological polar surface area (TPSA) is 43.1 Å². The number of nitrogens with zero attached hydrogens (tertiary/aromatic N) is 1. The third kappa shape index (κ3) is 1.61. The highest BCUT2D eigenvalue weighted by Crippen LogP contribution is 2.23. The quantitative estimate of drug-likeness (QED) is 0.771. The fourth-order valence-electron chi connectivity index (χ4n) is 1.18. The van der Waals surface area contributed by atoms with Crippen molar-refractivity contribution in [2.24, 2.45) is 0 Å². The van der Waals surface area contributed by atoms with E-state index in [0.29, 0.717) is 11.3 Å². The molecule has 0 fully saturated rings. The number of benzene rings is 1. The Hall–Kier alpha value is -1.42. The van der Waals surface area contributed by atoms with Gasteiger partial charge in [0.2, 0.25) is 0 Å². The smallest absolute Gasteiger partial charge is 0.155 e. The lowest BCUT2D eigenvalue weighted by atomic mass is 10.1. The number of hydrogen-bond acceptors (Lipinski definition) is 3. The van der Waals surface area contributed by atoms with Crippen molar-refractivity contribution in [2.75, 3.05) is 0 Å². The third-order valence-electron chi connectivity index (χ3n) is 1.82. The van der Waals surface area contributed by atoms with E-state index in [0.717, 1.165) is 16.3 Å². The van der Waals surface area contributed by atoms with Crippen LogP contribution in [0.25, 0.3) is 11.3 Å². The van der Waals surface area contributed by atoms with Gasteiger partial charge in [0.25, 0.3) is 0 Å². The van der Waals surface area contributed by atoms with E-state index in [4.69, 9.17) is 4.52 Å². The van der Waals surface area contributed by atoms with E-state index in [1.54, 1.807) is 0 Å². The van der Waals surface area contributed by atoms with Crippen LogP contribution in [0.5, 0.6) is 0 Å². The minimum absolute atomic E-state index is 0.461. The molecule has 0 bridgehead atoms. The number of halogens is 1. The van der Waals surface area contributed by atoms with Gasteiger partial charge in [-0.3, -0.25) is 4.79 Å². The fourth-order valence-corrected chi connectivity index (χ4v) is 1.58. The number of rotatable bonds is 2. The molecule has 1 heterocycles. The van der Waals surface area contributed by atoms with Crippen LogP contribution in [0.15, 0.2) is 39.5 Å². The molecule has 1 aromatic carbocycles. The highest BCUT2D eigenvalue weighted by molar-refractivity contribution is 9.10. The summed E-state index contributed by atoms with van der Waals surface area (Å²) in [6.45, 7) is 0. The molecule has 14 heavy (non-hydrogen) atoms. The Bertz CT molecular complexity index is 465. The zero-order valence-corrected chi connectivity index (χ0v) is 8.69. The predicted molar refractivity (Wildman–Crippen MR) is 55.0 cm³/mol. The van der Waals surface area contributed by atoms with E-state index in [-0.39, 0.29) is 0 Å². The Morgan fingerprint density at radius 2 is 2.29 bits per heavy atom. The Morgan fingerprint density at radius 3 is 3.00 bits per heavy atom. The maximum absolute atomic E-state index is 10.6. The normalized spacial score (nSPS) is 10.1. The minimum Gasteiger partial charge on any atom is -0.363 e. The van der Waals surface area contributed by atoms with Gasteiger partial charge >= 0.3 is 0 Å². The lowest BCUT2D eigenvalue weighted by molar-refractivity contribution is 0.112. The lowest BCUT2D eigenvalue weighted by Gasteiger charge is -1.96. The zero-order valence-electron chi connectivity index (χ0n) is 7.11. The van der Waals surface area contributed by atoms with Crippen molar-refractivity contribution in [3.63, 3.8) is 0 Å². The first-order chi connectivity index (χ1) is 6.81. The van der Waals surface area contributed by atoms with E-state index in [1.165, 1.54) is 6.26 Å². The van der Waals surface area contributed by atoms with Crippen LogP contribution < -0.4 is 0 Å². The van der Waals surface area contributed by atoms with E-state index >= 15 is 0 Å². The molecule has 4 heteroatoms. The van der Waals surface area contributed by atoms with E-state index in [9.17, 15) is 4.79 Å². The van der Waals surface area contributed by atoms with Crippen molar-refractivity contribution in [2.45, 2.75) is 0 Å². The van der Waals surface area contributed by atoms with Gasteiger partial charge in [0.1, 0.15) is 12.0 Å². The van der Waals surface area contributed by atoms with Crippen LogP contribution in [0.3, 0.4) is 0 Å². The molecule has 0 unspecified atom stereocenters. The largest absolute Gasteiger partial charge is 0.363 e. The van der Waals surface area contributed by atoms with Crippen molar-refractivity contribution in [1.82, 2.24) is 5.16 Å². The highest BCUT2D eigenvalue weighted by atomic mass is 79.9. The van der Waals surface area contributed by atoms with Crippen molar-refractivity contribution < 1.29 is 9.32 Å². The molecule has 1 aromatic heterocycles. The molecule has 2 rings (SSSR count). The van der Waals surface area contributed by atoms with Crippen LogP contribution in [0.4, 0.5) is 0 Å². The van der Waals surface area contributed by atoms with Crippen molar-refractivity contribution >= 4 is 22.2 Å². The number of hydrogen-bond donors (Lipinski definition) is 0. The minimum atomic E-state index is 0.461. The molecule has 0 saturated carbocycles. The summed E-state index contributed by atoms with van der Waals surface area (Å²) < 4.78 is 5.67. The number of aromatic nitrogens is 1. The first kappa shape index (κ1) is 9.15. The van der Waals surface area contributed by atoms with Crippen LogP contribution in [-0.4, -0.2) is 11.4 Å². The molecule has 0 N–H and O–H groups in total. The monoisotopic (exact) mass is 251 g/mol. The van der Waals surface area contributed by atoms with Gasteiger partial charge in [-0.05, 0) is 12.1 Å². The van der Waals surface area contributed by atoms with Crippen LogP contribution >= 0.6 is 15.9 Å². The van der Waals surface area contributed by atoms with Crippen molar-refractivity contribution in [1.29, 1.82) is 0 Å². The molecule has 0 spiro atoms. The highest BCUT2D eigenvalue weighted by Gasteiger charge is 2.08. The second kappa shape index (κ2) is 3.75. The van der Waals surface area contributed by atoms with Crippen LogP contribution in [0, 0.1) is 0 Å². The Labute approximate surface area is 88.8 Å². The summed E-state index contributed by atoms with van der Waals surface area (Å²) in [6, 6.07) is 7.54. The van der Waals surface area contributed by atoms with Gasteiger partial charge in [0.15, 0.2) is 6.29 Å². The zero-order chi connectivity index (χ0) is 9.97. The van der Waals surface area contributed by atoms with E-state index in [1.807, 2.05) is 24.3 Å². The molecule has 70 valence electrons. The number of carbonyl (C=O) groups is 1. The summed E-state index contributed by atoms with van der Waals surface area (Å²) >= 11 is 3.35. The van der Waals surface area contributed by atoms with Gasteiger partial charge in [-0.1, -0.05) is 33.2 Å². The number of aldehydes is 1. The summed E-state index contributed by atoms with van der Waals surface area (Å²) in [5, 5.41) is 3.77. The summed E-state index contributed by atoms with van der Waals surface area (Å²) in [6.07, 6.45) is 2.07. The maximum Gasteiger partial charge on any atom is 0.155 e. The third-order valence-corrected chi connectivity index (χ3v) is 2.32. The van der Waals surface area contributed by atoms with Gasteiger partial charge in [-0.15, -0.1) is 0 Å². The van der Waals surface area contributed by atoms with Crippen LogP contribution in [0.2, 0.25) is 0 Å². The molecule has 0 aliphatic heterocycles. The molecule has 0 atom stereocenters. The molecular weight excluding hydrogens is 246 g/mol. The van der Waals surface area contributed by atoms with Crippen molar-refractivity contribution in [3.05, 3.63) is 40.6 Å². The Morgan fingerprint density at radius 1 is 1.43 bits per heavy atom. The van der Waals surface area contributed by atoms with Gasteiger partial charge < -0.3 is 4.52 Å². The molecule has 3 nitrogen and oxygen atoms in total. The van der Waals surface area contributed by atoms with Crippen LogP contribution in [-0.2, 0) is 0 Å². The van der Waals surface area contributed by atoms with Gasteiger partial charge in [-0.25, -0.2) is 0 Å². The molecule has 0 aliphatic carbocycles. The first-order valence-corrected chi connectivity index (χ1v) is 4.76. The first-order valence-electron chi connectivity index (χ1n) is 3.97. The van der Waals surface area contributed by atoms with Gasteiger partial charge in [0, 0.05) is 10.0 Å². The van der Waals surface area contributed by atoms with Gasteiger partial charge in [-0.2, -0.15) is 0 Å². The standard InChI is InChI=1S/C10H6BrNO2/c11-9-3-1-2-7(4-9)10-8(5-13)6-14-12-10/h1-6H. The van der Waals surface area contributed by atoms with Crippen LogP contribution in [0.1, 0.15) is 10.4 Å². The molecular formula is C10H6BrNO2. The fraction of sp³-hybridized carbons (Fsp3) is 0. The molecule has 0 radical (unpaired) electrons. The second-order valence-electron chi connectivity index (χ2n) is 2.75. The van der Waals surface area contributed by atoms with Gasteiger partial charge in [0.05, 0.1) is 5.56 Å². The average molecular weight is 252 g/mol. The summed E-state index contributed by atoms with van der Waals surface area (Å²) in [5.74, 6) is 0. The lowest BCUT2D eigenvalue weighted by Crippen LogP contribution is -1.83. The number of carbonyl (C=O) groups excluding carboxylic acids is 1. The Kier molecular flexibility index (Phi) is 2.45.